The van der Waals surface area contributed by atoms with E-state index >= 15 is 0 Å². The van der Waals surface area contributed by atoms with Gasteiger partial charge in [0.15, 0.2) is 0 Å². The number of aromatic nitrogens is 1. The van der Waals surface area contributed by atoms with Crippen LogP contribution >= 0.6 is 0 Å². The number of ketones is 1. The number of aliphatic hydroxyl groups excluding tert-OH is 1. The molecule has 1 saturated heterocycles. The van der Waals surface area contributed by atoms with E-state index in [1.807, 2.05) is 42.5 Å². The molecule has 1 atom stereocenters. The number of benzene rings is 3. The Hall–Kier alpha value is -4.91. The Morgan fingerprint density at radius 1 is 0.892 bits per heavy atom. The number of hydrogen-bond acceptors (Lipinski definition) is 6. The third-order valence-electron chi connectivity index (χ3n) is 6.13. The maximum absolute atomic E-state index is 13.3. The molecular formula is C30H24N2O5. The number of pyridine rings is 1. The van der Waals surface area contributed by atoms with Crippen molar-refractivity contribution >= 4 is 17.4 Å². The molecule has 4 aromatic rings. The van der Waals surface area contributed by atoms with Crippen LogP contribution in [0.3, 0.4) is 0 Å². The van der Waals surface area contributed by atoms with Crippen LogP contribution in [0.4, 0.5) is 0 Å². The summed E-state index contributed by atoms with van der Waals surface area (Å²) in [4.78, 5) is 32.2. The molecule has 0 bridgehead atoms. The topological polar surface area (TPSA) is 89.0 Å². The molecule has 1 amide bonds. The lowest BCUT2D eigenvalue weighted by Crippen LogP contribution is -2.29. The number of amides is 1. The number of Topliss-reactive ketones (excluding diaryl/α,β-unsaturated/α-hetero) is 1. The van der Waals surface area contributed by atoms with Crippen molar-refractivity contribution in [1.29, 1.82) is 0 Å². The average molecular weight is 493 g/mol. The van der Waals surface area contributed by atoms with Gasteiger partial charge < -0.3 is 19.5 Å². The zero-order chi connectivity index (χ0) is 25.8. The Bertz CT molecular complexity index is 1450. The van der Waals surface area contributed by atoms with Gasteiger partial charge in [0.25, 0.3) is 11.7 Å². The highest BCUT2D eigenvalue weighted by Crippen LogP contribution is 2.41. The first kappa shape index (κ1) is 23.8. The van der Waals surface area contributed by atoms with Crippen LogP contribution in [-0.4, -0.2) is 33.8 Å². The molecule has 184 valence electrons. The van der Waals surface area contributed by atoms with E-state index in [1.165, 1.54) is 4.90 Å². The van der Waals surface area contributed by atoms with Crippen LogP contribution in [0.15, 0.2) is 109 Å². The largest absolute Gasteiger partial charge is 0.507 e. The first-order valence-corrected chi connectivity index (χ1v) is 11.7. The van der Waals surface area contributed by atoms with E-state index < -0.39 is 17.7 Å². The maximum atomic E-state index is 13.3. The molecule has 0 radical (unpaired) electrons. The van der Waals surface area contributed by atoms with Crippen LogP contribution in [0, 0.1) is 0 Å². The Kier molecular flexibility index (Phi) is 6.68. The lowest BCUT2D eigenvalue weighted by atomic mass is 9.95. The molecule has 1 fully saturated rings. The van der Waals surface area contributed by atoms with Crippen molar-refractivity contribution in [2.45, 2.75) is 12.6 Å². The molecule has 7 nitrogen and oxygen atoms in total. The van der Waals surface area contributed by atoms with Crippen LogP contribution in [-0.2, 0) is 16.1 Å². The standard InChI is InChI=1S/C30H24N2O5/c1-36-23-14-12-21(13-15-23)28(33)26-27(32(30(35)29(26)34)19-20-7-6-16-31-18-20)22-8-5-11-25(17-22)37-24-9-3-2-4-10-24/h2-18,27,33H,19H2,1H3/b28-26+/t27-/m1/s1. The van der Waals surface area contributed by atoms with Crippen molar-refractivity contribution < 1.29 is 24.2 Å². The fourth-order valence-corrected chi connectivity index (χ4v) is 4.36. The summed E-state index contributed by atoms with van der Waals surface area (Å²) in [7, 11) is 1.54. The Balaban J connectivity index is 1.60. The lowest BCUT2D eigenvalue weighted by Gasteiger charge is -2.25. The predicted octanol–water partition coefficient (Wildman–Crippen LogP) is 5.50. The third kappa shape index (κ3) is 4.92. The number of nitrogens with zero attached hydrogens (tertiary/aromatic N) is 2. The van der Waals surface area contributed by atoms with Gasteiger partial charge in [0.05, 0.1) is 18.7 Å². The van der Waals surface area contributed by atoms with E-state index in [-0.39, 0.29) is 17.9 Å². The third-order valence-corrected chi connectivity index (χ3v) is 6.13. The number of carbonyl (C=O) groups excluding carboxylic acids is 2. The van der Waals surface area contributed by atoms with Crippen molar-refractivity contribution in [2.24, 2.45) is 0 Å². The molecule has 5 rings (SSSR count). The van der Waals surface area contributed by atoms with Gasteiger partial charge in [0.2, 0.25) is 0 Å². The van der Waals surface area contributed by atoms with Crippen molar-refractivity contribution in [3.05, 3.63) is 126 Å². The second kappa shape index (κ2) is 10.4. The minimum Gasteiger partial charge on any atom is -0.507 e. The van der Waals surface area contributed by atoms with E-state index in [0.717, 1.165) is 5.56 Å². The van der Waals surface area contributed by atoms with Gasteiger partial charge in [-0.3, -0.25) is 14.6 Å². The minimum absolute atomic E-state index is 0.0101. The second-order valence-corrected chi connectivity index (χ2v) is 8.50. The van der Waals surface area contributed by atoms with Crippen molar-refractivity contribution in [2.75, 3.05) is 7.11 Å². The molecule has 7 heteroatoms. The summed E-state index contributed by atoms with van der Waals surface area (Å²) in [6, 6.07) is 25.9. The lowest BCUT2D eigenvalue weighted by molar-refractivity contribution is -0.140. The molecular weight excluding hydrogens is 468 g/mol. The number of ether oxygens (including phenoxy) is 2. The minimum atomic E-state index is -0.832. The van der Waals surface area contributed by atoms with E-state index in [2.05, 4.69) is 4.98 Å². The second-order valence-electron chi connectivity index (χ2n) is 8.50. The molecule has 0 aliphatic carbocycles. The summed E-state index contributed by atoms with van der Waals surface area (Å²) >= 11 is 0. The van der Waals surface area contributed by atoms with Crippen molar-refractivity contribution in [1.82, 2.24) is 9.88 Å². The molecule has 3 aromatic carbocycles. The molecule has 0 spiro atoms. The van der Waals surface area contributed by atoms with Gasteiger partial charge in [0.1, 0.15) is 23.0 Å². The van der Waals surface area contributed by atoms with Crippen LogP contribution in [0.1, 0.15) is 22.7 Å². The zero-order valence-electron chi connectivity index (χ0n) is 20.1. The summed E-state index contributed by atoms with van der Waals surface area (Å²) < 4.78 is 11.2. The summed E-state index contributed by atoms with van der Waals surface area (Å²) in [5.41, 5.74) is 1.81. The number of para-hydroxylation sites is 1. The summed E-state index contributed by atoms with van der Waals surface area (Å²) in [6.45, 7) is 0.145. The number of likely N-dealkylation sites (tertiary alicyclic amines) is 1. The van der Waals surface area contributed by atoms with Gasteiger partial charge in [-0.05, 0) is 65.7 Å². The summed E-state index contributed by atoms with van der Waals surface area (Å²) in [5, 5.41) is 11.3. The highest BCUT2D eigenvalue weighted by atomic mass is 16.5. The van der Waals surface area contributed by atoms with Gasteiger partial charge in [-0.15, -0.1) is 0 Å². The Morgan fingerprint density at radius 3 is 2.35 bits per heavy atom. The van der Waals surface area contributed by atoms with Crippen LogP contribution in [0.2, 0.25) is 0 Å². The molecule has 0 saturated carbocycles. The maximum Gasteiger partial charge on any atom is 0.295 e. The summed E-state index contributed by atoms with van der Waals surface area (Å²) in [5.74, 6) is 0.0993. The highest BCUT2D eigenvalue weighted by molar-refractivity contribution is 6.46. The first-order valence-electron chi connectivity index (χ1n) is 11.7. The fraction of sp³-hybridized carbons (Fsp3) is 0.100. The monoisotopic (exact) mass is 492 g/mol. The van der Waals surface area contributed by atoms with Crippen LogP contribution in [0.25, 0.3) is 5.76 Å². The van der Waals surface area contributed by atoms with Gasteiger partial charge in [-0.1, -0.05) is 36.4 Å². The van der Waals surface area contributed by atoms with Crippen LogP contribution in [0.5, 0.6) is 17.2 Å². The first-order chi connectivity index (χ1) is 18.0. The Morgan fingerprint density at radius 2 is 1.65 bits per heavy atom. The van der Waals surface area contributed by atoms with E-state index in [4.69, 9.17) is 9.47 Å². The number of rotatable bonds is 7. The molecule has 2 heterocycles. The number of carbonyl (C=O) groups is 2. The van der Waals surface area contributed by atoms with E-state index in [1.54, 1.807) is 68.0 Å². The highest BCUT2D eigenvalue weighted by Gasteiger charge is 2.46. The number of hydrogen-bond donors (Lipinski definition) is 1. The van der Waals surface area contributed by atoms with Gasteiger partial charge in [-0.2, -0.15) is 0 Å². The van der Waals surface area contributed by atoms with E-state index in [0.29, 0.717) is 28.4 Å². The molecule has 37 heavy (non-hydrogen) atoms. The molecule has 1 aromatic heterocycles. The van der Waals surface area contributed by atoms with E-state index in [9.17, 15) is 14.7 Å². The number of methoxy groups -OCH3 is 1. The predicted molar refractivity (Wildman–Crippen MR) is 138 cm³/mol. The normalized spacial score (nSPS) is 16.6. The number of aliphatic hydroxyl groups is 1. The molecule has 1 aliphatic rings. The quantitative estimate of drug-likeness (QED) is 0.208. The molecule has 0 unspecified atom stereocenters. The van der Waals surface area contributed by atoms with Crippen LogP contribution < -0.4 is 9.47 Å². The summed E-state index contributed by atoms with van der Waals surface area (Å²) in [6.07, 6.45) is 3.29. The SMILES string of the molecule is COc1ccc(/C(O)=C2\C(=O)C(=O)N(Cc3cccnc3)[C@@H]2c2cccc(Oc3ccccc3)c2)cc1. The Labute approximate surface area is 214 Å². The zero-order valence-corrected chi connectivity index (χ0v) is 20.1. The molecule has 1 N–H and O–H groups in total. The molecule has 1 aliphatic heterocycles. The fourth-order valence-electron chi connectivity index (χ4n) is 4.36. The van der Waals surface area contributed by atoms with Crippen molar-refractivity contribution in [3.8, 4) is 17.2 Å². The van der Waals surface area contributed by atoms with Gasteiger partial charge in [-0.25, -0.2) is 0 Å². The van der Waals surface area contributed by atoms with Gasteiger partial charge >= 0.3 is 0 Å². The van der Waals surface area contributed by atoms with Gasteiger partial charge in [0, 0.05) is 24.5 Å². The average Bonchev–Trinajstić information content (AvgIpc) is 3.19. The smallest absolute Gasteiger partial charge is 0.295 e. The van der Waals surface area contributed by atoms with Crippen molar-refractivity contribution in [3.63, 3.8) is 0 Å².